The molecule has 1 saturated heterocycles. The van der Waals surface area contributed by atoms with Crippen LogP contribution in [0.4, 0.5) is 0 Å². The maximum atomic E-state index is 11.3. The quantitative estimate of drug-likeness (QED) is 0.460. The van der Waals surface area contributed by atoms with Gasteiger partial charge in [0.25, 0.3) is 0 Å². The molecule has 2 atom stereocenters. The molecule has 1 aliphatic heterocycles. The summed E-state index contributed by atoms with van der Waals surface area (Å²) >= 11 is 0. The Labute approximate surface area is 87.1 Å². The number of carbonyl (C=O) groups is 3. The first-order valence-corrected chi connectivity index (χ1v) is 4.80. The first-order chi connectivity index (χ1) is 7.02. The molecular formula is C9H14N2O4. The van der Waals surface area contributed by atoms with Crippen LogP contribution in [0.25, 0.3) is 0 Å². The zero-order chi connectivity index (χ0) is 11.4. The predicted octanol–water partition coefficient (Wildman–Crippen LogP) is -1.07. The second-order valence-corrected chi connectivity index (χ2v) is 3.51. The monoisotopic (exact) mass is 214 g/mol. The number of hydrogen-bond donors (Lipinski definition) is 2. The van der Waals surface area contributed by atoms with Crippen molar-refractivity contribution in [3.05, 3.63) is 0 Å². The Kier molecular flexibility index (Phi) is 3.79. The summed E-state index contributed by atoms with van der Waals surface area (Å²) in [5, 5.41) is 2.89. The number of nitrogens with two attached hydrogens (primary N) is 1. The summed E-state index contributed by atoms with van der Waals surface area (Å²) < 4.78 is 4.52. The van der Waals surface area contributed by atoms with Crippen LogP contribution in [0.5, 0.6) is 0 Å². The first kappa shape index (κ1) is 11.6. The number of hydrogen-bond acceptors (Lipinski definition) is 5. The highest BCUT2D eigenvalue weighted by Crippen LogP contribution is 2.08. The highest BCUT2D eigenvalue weighted by molar-refractivity contribution is 6.00. The molecule has 0 radical (unpaired) electrons. The molecule has 6 heteroatoms. The van der Waals surface area contributed by atoms with Crippen molar-refractivity contribution in [3.8, 4) is 0 Å². The minimum absolute atomic E-state index is 0.436. The van der Waals surface area contributed by atoms with Gasteiger partial charge in [-0.3, -0.25) is 9.59 Å². The molecule has 6 nitrogen and oxygen atoms in total. The molecular weight excluding hydrogens is 200 g/mol. The lowest BCUT2D eigenvalue weighted by Gasteiger charge is -2.10. The lowest BCUT2D eigenvalue weighted by atomic mass is 10.2. The Morgan fingerprint density at radius 2 is 2.13 bits per heavy atom. The SMILES string of the molecule is CC(C(N)=O)C(=O)OC(=O)[C@@H]1CCCN1. The summed E-state index contributed by atoms with van der Waals surface area (Å²) in [6.07, 6.45) is 1.52. The van der Waals surface area contributed by atoms with Gasteiger partial charge in [-0.15, -0.1) is 0 Å². The molecule has 0 aromatic heterocycles. The van der Waals surface area contributed by atoms with E-state index in [9.17, 15) is 14.4 Å². The summed E-state index contributed by atoms with van der Waals surface area (Å²) in [6.45, 7) is 2.04. The molecule has 1 unspecified atom stereocenters. The Hall–Kier alpha value is -1.43. The van der Waals surface area contributed by atoms with Crippen LogP contribution >= 0.6 is 0 Å². The van der Waals surface area contributed by atoms with Gasteiger partial charge in [-0.05, 0) is 26.3 Å². The van der Waals surface area contributed by atoms with Crippen molar-refractivity contribution in [2.45, 2.75) is 25.8 Å². The number of amides is 1. The number of rotatable bonds is 3. The van der Waals surface area contributed by atoms with Crippen LogP contribution in [0, 0.1) is 5.92 Å². The van der Waals surface area contributed by atoms with E-state index in [-0.39, 0.29) is 0 Å². The lowest BCUT2D eigenvalue weighted by molar-refractivity contribution is -0.164. The average Bonchev–Trinajstić information content (AvgIpc) is 2.68. The molecule has 1 aliphatic rings. The van der Waals surface area contributed by atoms with E-state index in [1.807, 2.05) is 0 Å². The molecule has 0 aromatic rings. The molecule has 1 fully saturated rings. The number of nitrogens with one attached hydrogen (secondary N) is 1. The molecule has 0 spiro atoms. The van der Waals surface area contributed by atoms with E-state index in [2.05, 4.69) is 10.1 Å². The molecule has 0 bridgehead atoms. The third kappa shape index (κ3) is 3.02. The zero-order valence-corrected chi connectivity index (χ0v) is 8.49. The van der Waals surface area contributed by atoms with Gasteiger partial charge in [-0.1, -0.05) is 0 Å². The Morgan fingerprint density at radius 1 is 1.47 bits per heavy atom. The van der Waals surface area contributed by atoms with Gasteiger partial charge in [0.15, 0.2) is 0 Å². The molecule has 0 aromatic carbocycles. The Bertz CT molecular complexity index is 284. The fourth-order valence-electron chi connectivity index (χ4n) is 1.26. The molecule has 1 rings (SSSR count). The Morgan fingerprint density at radius 3 is 2.60 bits per heavy atom. The molecule has 84 valence electrons. The molecule has 0 saturated carbocycles. The standard InChI is InChI=1S/C9H14N2O4/c1-5(7(10)12)8(13)15-9(14)6-3-2-4-11-6/h5-6,11H,2-4H2,1H3,(H2,10,12)/t5?,6-/m0/s1. The van der Waals surface area contributed by atoms with Gasteiger partial charge < -0.3 is 15.8 Å². The van der Waals surface area contributed by atoms with Crippen LogP contribution in [0.2, 0.25) is 0 Å². The van der Waals surface area contributed by atoms with Crippen LogP contribution in [0.3, 0.4) is 0 Å². The summed E-state index contributed by atoms with van der Waals surface area (Å²) in [4.78, 5) is 33.1. The highest BCUT2D eigenvalue weighted by Gasteiger charge is 2.29. The van der Waals surface area contributed by atoms with Crippen molar-refractivity contribution in [3.63, 3.8) is 0 Å². The second-order valence-electron chi connectivity index (χ2n) is 3.51. The largest absolute Gasteiger partial charge is 0.391 e. The average molecular weight is 214 g/mol. The number of ether oxygens (including phenoxy) is 1. The third-order valence-electron chi connectivity index (χ3n) is 2.33. The van der Waals surface area contributed by atoms with Gasteiger partial charge in [0, 0.05) is 0 Å². The van der Waals surface area contributed by atoms with E-state index in [1.54, 1.807) is 0 Å². The molecule has 15 heavy (non-hydrogen) atoms. The van der Waals surface area contributed by atoms with Crippen molar-refractivity contribution in [1.82, 2.24) is 5.32 Å². The fourth-order valence-corrected chi connectivity index (χ4v) is 1.26. The van der Waals surface area contributed by atoms with Crippen LogP contribution in [-0.4, -0.2) is 30.4 Å². The van der Waals surface area contributed by atoms with Crippen molar-refractivity contribution in [2.24, 2.45) is 11.7 Å². The van der Waals surface area contributed by atoms with Gasteiger partial charge in [0.2, 0.25) is 5.91 Å². The summed E-state index contributed by atoms with van der Waals surface area (Å²) in [5.41, 5.74) is 4.90. The first-order valence-electron chi connectivity index (χ1n) is 4.80. The number of carbonyl (C=O) groups excluding carboxylic acids is 3. The van der Waals surface area contributed by atoms with Crippen molar-refractivity contribution in [1.29, 1.82) is 0 Å². The van der Waals surface area contributed by atoms with Gasteiger partial charge in [0.1, 0.15) is 12.0 Å². The van der Waals surface area contributed by atoms with Crippen LogP contribution in [0.15, 0.2) is 0 Å². The predicted molar refractivity (Wildman–Crippen MR) is 50.5 cm³/mol. The van der Waals surface area contributed by atoms with Crippen molar-refractivity contribution in [2.75, 3.05) is 6.54 Å². The zero-order valence-electron chi connectivity index (χ0n) is 8.49. The Balaban J connectivity index is 2.43. The normalized spacial score (nSPS) is 22.1. The van der Waals surface area contributed by atoms with E-state index in [0.29, 0.717) is 6.42 Å². The van der Waals surface area contributed by atoms with E-state index >= 15 is 0 Å². The van der Waals surface area contributed by atoms with E-state index in [4.69, 9.17) is 5.73 Å². The van der Waals surface area contributed by atoms with Gasteiger partial charge >= 0.3 is 11.9 Å². The lowest BCUT2D eigenvalue weighted by Crippen LogP contribution is -2.37. The van der Waals surface area contributed by atoms with Crippen molar-refractivity contribution < 1.29 is 19.1 Å². The van der Waals surface area contributed by atoms with Gasteiger partial charge in [-0.25, -0.2) is 4.79 Å². The number of esters is 2. The molecule has 3 N–H and O–H groups in total. The maximum absolute atomic E-state index is 11.3. The highest BCUT2D eigenvalue weighted by atomic mass is 16.6. The molecule has 1 amide bonds. The third-order valence-corrected chi connectivity index (χ3v) is 2.33. The summed E-state index contributed by atoms with van der Waals surface area (Å²) in [6, 6.07) is -0.436. The van der Waals surface area contributed by atoms with Crippen LogP contribution in [-0.2, 0) is 19.1 Å². The second kappa shape index (κ2) is 4.88. The van der Waals surface area contributed by atoms with Gasteiger partial charge in [-0.2, -0.15) is 0 Å². The summed E-state index contributed by atoms with van der Waals surface area (Å²) in [5.74, 6) is -3.41. The number of primary amides is 1. The van der Waals surface area contributed by atoms with Gasteiger partial charge in [0.05, 0.1) is 0 Å². The minimum Gasteiger partial charge on any atom is -0.391 e. The fraction of sp³-hybridized carbons (Fsp3) is 0.667. The molecule has 0 aliphatic carbocycles. The van der Waals surface area contributed by atoms with Crippen LogP contribution < -0.4 is 11.1 Å². The molecule has 1 heterocycles. The topological polar surface area (TPSA) is 98.5 Å². The van der Waals surface area contributed by atoms with Crippen molar-refractivity contribution >= 4 is 17.8 Å². The maximum Gasteiger partial charge on any atom is 0.330 e. The van der Waals surface area contributed by atoms with E-state index in [1.165, 1.54) is 6.92 Å². The van der Waals surface area contributed by atoms with E-state index < -0.39 is 29.8 Å². The minimum atomic E-state index is -1.09. The van der Waals surface area contributed by atoms with Crippen LogP contribution in [0.1, 0.15) is 19.8 Å². The smallest absolute Gasteiger partial charge is 0.330 e. The summed E-state index contributed by atoms with van der Waals surface area (Å²) in [7, 11) is 0. The van der Waals surface area contributed by atoms with E-state index in [0.717, 1.165) is 13.0 Å².